The molecule has 1 aliphatic heterocycles. The zero-order chi connectivity index (χ0) is 11.7. The maximum absolute atomic E-state index is 11.2. The highest BCUT2D eigenvalue weighted by Crippen LogP contribution is 2.37. The van der Waals surface area contributed by atoms with Gasteiger partial charge in [0.2, 0.25) is 0 Å². The van der Waals surface area contributed by atoms with E-state index in [-0.39, 0.29) is 12.5 Å². The van der Waals surface area contributed by atoms with Gasteiger partial charge in [0.05, 0.1) is 5.69 Å². The Morgan fingerprint density at radius 2 is 2.00 bits per heavy atom. The highest BCUT2D eigenvalue weighted by molar-refractivity contribution is 5.95. The maximum Gasteiger partial charge on any atom is 0.262 e. The van der Waals surface area contributed by atoms with E-state index >= 15 is 0 Å². The van der Waals surface area contributed by atoms with Crippen molar-refractivity contribution in [2.45, 2.75) is 38.0 Å². The molecule has 0 saturated heterocycles. The molecule has 3 nitrogen and oxygen atoms in total. The van der Waals surface area contributed by atoms with E-state index in [0.717, 1.165) is 11.4 Å². The van der Waals surface area contributed by atoms with Gasteiger partial charge in [-0.25, -0.2) is 0 Å². The third-order valence-corrected chi connectivity index (χ3v) is 3.72. The number of anilines is 1. The molecule has 17 heavy (non-hydrogen) atoms. The van der Waals surface area contributed by atoms with Gasteiger partial charge in [-0.2, -0.15) is 0 Å². The molecule has 3 heteroatoms. The number of carbonyl (C=O) groups is 1. The van der Waals surface area contributed by atoms with Crippen molar-refractivity contribution < 1.29 is 9.53 Å². The molecule has 2 aliphatic rings. The van der Waals surface area contributed by atoms with E-state index in [1.807, 2.05) is 6.07 Å². The van der Waals surface area contributed by atoms with E-state index in [2.05, 4.69) is 17.4 Å². The molecule has 1 aromatic rings. The van der Waals surface area contributed by atoms with E-state index < -0.39 is 0 Å². The van der Waals surface area contributed by atoms with Gasteiger partial charge < -0.3 is 10.1 Å². The van der Waals surface area contributed by atoms with Crippen molar-refractivity contribution in [1.29, 1.82) is 0 Å². The minimum absolute atomic E-state index is 0.0667. The Morgan fingerprint density at radius 3 is 2.82 bits per heavy atom. The Hall–Kier alpha value is -1.51. The molecule has 0 bridgehead atoms. The number of hydrogen-bond acceptors (Lipinski definition) is 2. The number of rotatable bonds is 1. The van der Waals surface area contributed by atoms with Crippen molar-refractivity contribution in [3.8, 4) is 5.75 Å². The van der Waals surface area contributed by atoms with Crippen LogP contribution in [0, 0.1) is 0 Å². The van der Waals surface area contributed by atoms with Crippen LogP contribution in [0.1, 0.15) is 43.6 Å². The van der Waals surface area contributed by atoms with Gasteiger partial charge in [0.15, 0.2) is 6.61 Å². The quantitative estimate of drug-likeness (QED) is 0.806. The van der Waals surface area contributed by atoms with Gasteiger partial charge in [0, 0.05) is 0 Å². The van der Waals surface area contributed by atoms with Crippen LogP contribution < -0.4 is 10.1 Å². The molecule has 1 heterocycles. The van der Waals surface area contributed by atoms with Crippen LogP contribution in [0.4, 0.5) is 5.69 Å². The molecule has 1 saturated carbocycles. The summed E-state index contributed by atoms with van der Waals surface area (Å²) in [5.41, 5.74) is 2.17. The summed E-state index contributed by atoms with van der Waals surface area (Å²) in [4.78, 5) is 11.2. The van der Waals surface area contributed by atoms with Crippen LogP contribution in [0.3, 0.4) is 0 Å². The third kappa shape index (κ3) is 2.14. The lowest BCUT2D eigenvalue weighted by atomic mass is 9.84. The fourth-order valence-corrected chi connectivity index (χ4v) is 2.78. The van der Waals surface area contributed by atoms with Gasteiger partial charge in [-0.3, -0.25) is 4.79 Å². The van der Waals surface area contributed by atoms with Crippen molar-refractivity contribution >= 4 is 11.6 Å². The number of fused-ring (bicyclic) bond motifs is 1. The molecule has 0 radical (unpaired) electrons. The number of carbonyl (C=O) groups excluding carboxylic acids is 1. The average Bonchev–Trinajstić information content (AvgIpc) is 2.39. The number of benzene rings is 1. The van der Waals surface area contributed by atoms with Gasteiger partial charge in [-0.1, -0.05) is 25.3 Å². The fourth-order valence-electron chi connectivity index (χ4n) is 2.78. The highest BCUT2D eigenvalue weighted by atomic mass is 16.5. The normalized spacial score (nSPS) is 20.4. The van der Waals surface area contributed by atoms with Crippen molar-refractivity contribution in [2.75, 3.05) is 11.9 Å². The van der Waals surface area contributed by atoms with Crippen LogP contribution >= 0.6 is 0 Å². The minimum Gasteiger partial charge on any atom is -0.482 e. The van der Waals surface area contributed by atoms with Crippen LogP contribution in [0.2, 0.25) is 0 Å². The summed E-state index contributed by atoms with van der Waals surface area (Å²) < 4.78 is 5.46. The first-order valence-corrected chi connectivity index (χ1v) is 6.39. The third-order valence-electron chi connectivity index (χ3n) is 3.72. The summed E-state index contributed by atoms with van der Waals surface area (Å²) in [7, 11) is 0. The lowest BCUT2D eigenvalue weighted by Crippen LogP contribution is -2.25. The second-order valence-corrected chi connectivity index (χ2v) is 4.93. The highest BCUT2D eigenvalue weighted by Gasteiger charge is 2.20. The van der Waals surface area contributed by atoms with E-state index in [1.54, 1.807) is 0 Å². The first kappa shape index (κ1) is 10.6. The number of amides is 1. The summed E-state index contributed by atoms with van der Waals surface area (Å²) in [6.45, 7) is 0.140. The Labute approximate surface area is 101 Å². The Bertz CT molecular complexity index is 436. The van der Waals surface area contributed by atoms with Gasteiger partial charge in [0.25, 0.3) is 5.91 Å². The van der Waals surface area contributed by atoms with E-state index in [1.165, 1.54) is 37.7 Å². The molecule has 3 rings (SSSR count). The molecule has 1 amide bonds. The van der Waals surface area contributed by atoms with E-state index in [9.17, 15) is 4.79 Å². The zero-order valence-electron chi connectivity index (χ0n) is 9.87. The van der Waals surface area contributed by atoms with Crippen LogP contribution in [0.15, 0.2) is 18.2 Å². The summed E-state index contributed by atoms with van der Waals surface area (Å²) in [5, 5.41) is 2.83. The monoisotopic (exact) mass is 231 g/mol. The molecule has 0 aromatic heterocycles. The van der Waals surface area contributed by atoms with E-state index in [0.29, 0.717) is 5.92 Å². The van der Waals surface area contributed by atoms with Crippen molar-refractivity contribution in [3.05, 3.63) is 23.8 Å². The molecule has 90 valence electrons. The van der Waals surface area contributed by atoms with Gasteiger partial charge in [-0.15, -0.1) is 0 Å². The predicted octanol–water partition coefficient (Wildman–Crippen LogP) is 3.07. The molecule has 1 N–H and O–H groups in total. The molecular formula is C14H17NO2. The zero-order valence-corrected chi connectivity index (χ0v) is 9.87. The SMILES string of the molecule is O=C1COc2cc(C3CCCCC3)ccc2N1. The second kappa shape index (κ2) is 4.40. The smallest absolute Gasteiger partial charge is 0.262 e. The molecule has 1 fully saturated rings. The van der Waals surface area contributed by atoms with Crippen LogP contribution in [-0.2, 0) is 4.79 Å². The topological polar surface area (TPSA) is 38.3 Å². The van der Waals surface area contributed by atoms with Crippen LogP contribution in [0.5, 0.6) is 5.75 Å². The number of hydrogen-bond donors (Lipinski definition) is 1. The fraction of sp³-hybridized carbons (Fsp3) is 0.500. The van der Waals surface area contributed by atoms with Gasteiger partial charge in [-0.05, 0) is 36.5 Å². The molecule has 0 atom stereocenters. The lowest BCUT2D eigenvalue weighted by molar-refractivity contribution is -0.118. The Balaban J connectivity index is 1.85. The Morgan fingerprint density at radius 1 is 1.18 bits per heavy atom. The van der Waals surface area contributed by atoms with Crippen molar-refractivity contribution in [2.24, 2.45) is 0 Å². The van der Waals surface area contributed by atoms with E-state index in [4.69, 9.17) is 4.74 Å². The van der Waals surface area contributed by atoms with Crippen molar-refractivity contribution in [1.82, 2.24) is 0 Å². The van der Waals surface area contributed by atoms with Crippen LogP contribution in [0.25, 0.3) is 0 Å². The van der Waals surface area contributed by atoms with Gasteiger partial charge >= 0.3 is 0 Å². The predicted molar refractivity (Wildman–Crippen MR) is 66.4 cm³/mol. The summed E-state index contributed by atoms with van der Waals surface area (Å²) in [5.74, 6) is 1.44. The second-order valence-electron chi connectivity index (χ2n) is 4.93. The standard InChI is InChI=1S/C14H17NO2/c16-14-9-17-13-8-11(6-7-12(13)15-14)10-4-2-1-3-5-10/h6-8,10H,1-5,9H2,(H,15,16). The Kier molecular flexibility index (Phi) is 2.75. The summed E-state index contributed by atoms with van der Waals surface area (Å²) >= 11 is 0. The number of ether oxygens (including phenoxy) is 1. The van der Waals surface area contributed by atoms with Crippen molar-refractivity contribution in [3.63, 3.8) is 0 Å². The molecule has 0 unspecified atom stereocenters. The summed E-state index contributed by atoms with van der Waals surface area (Å²) in [6, 6.07) is 6.20. The largest absolute Gasteiger partial charge is 0.482 e. The first-order chi connectivity index (χ1) is 8.33. The first-order valence-electron chi connectivity index (χ1n) is 6.39. The maximum atomic E-state index is 11.2. The molecule has 1 aliphatic carbocycles. The molecular weight excluding hydrogens is 214 g/mol. The minimum atomic E-state index is -0.0667. The van der Waals surface area contributed by atoms with Gasteiger partial charge in [0.1, 0.15) is 5.75 Å². The lowest BCUT2D eigenvalue weighted by Gasteiger charge is -2.24. The molecule has 1 aromatic carbocycles. The summed E-state index contributed by atoms with van der Waals surface area (Å²) in [6.07, 6.45) is 6.60. The average molecular weight is 231 g/mol. The number of nitrogens with one attached hydrogen (secondary N) is 1. The molecule has 0 spiro atoms. The van der Waals surface area contributed by atoms with Crippen LogP contribution in [-0.4, -0.2) is 12.5 Å².